The number of halogens is 1. The average Bonchev–Trinajstić information content (AvgIpc) is 2.49. The van der Waals surface area contributed by atoms with Gasteiger partial charge in [0.1, 0.15) is 5.82 Å². The largest absolute Gasteiger partial charge is 0.399 e. The maximum absolute atomic E-state index is 13.9. The molecule has 0 amide bonds. The number of benzene rings is 2. The summed E-state index contributed by atoms with van der Waals surface area (Å²) in [5.41, 5.74) is 8.40. The van der Waals surface area contributed by atoms with Gasteiger partial charge in [0, 0.05) is 23.0 Å². The summed E-state index contributed by atoms with van der Waals surface area (Å²) in [4.78, 5) is 4.24. The molecule has 0 atom stereocenters. The van der Waals surface area contributed by atoms with Crippen LogP contribution in [0.4, 0.5) is 21.5 Å². The first-order valence-corrected chi connectivity index (χ1v) is 6.28. The van der Waals surface area contributed by atoms with Crippen LogP contribution in [-0.4, -0.2) is 4.98 Å². The average molecular weight is 278 g/mol. The molecule has 3 aromatic rings. The second-order valence-electron chi connectivity index (χ2n) is 4.57. The maximum Gasteiger partial charge on any atom is 0.147 e. The van der Waals surface area contributed by atoms with Gasteiger partial charge in [0.05, 0.1) is 22.8 Å². The summed E-state index contributed by atoms with van der Waals surface area (Å²) >= 11 is 0. The number of pyridine rings is 1. The molecule has 0 saturated carbocycles. The summed E-state index contributed by atoms with van der Waals surface area (Å²) < 4.78 is 13.9. The van der Waals surface area contributed by atoms with Crippen LogP contribution in [0.3, 0.4) is 0 Å². The van der Waals surface area contributed by atoms with Crippen LogP contribution in [0.15, 0.2) is 48.7 Å². The van der Waals surface area contributed by atoms with E-state index in [1.165, 1.54) is 12.1 Å². The number of nitrogens with two attached hydrogens (primary N) is 1. The van der Waals surface area contributed by atoms with Crippen molar-refractivity contribution in [2.75, 3.05) is 11.1 Å². The van der Waals surface area contributed by atoms with Gasteiger partial charge < -0.3 is 11.1 Å². The van der Waals surface area contributed by atoms with Gasteiger partial charge in [-0.2, -0.15) is 5.26 Å². The van der Waals surface area contributed by atoms with Crippen molar-refractivity contribution in [3.8, 4) is 6.07 Å². The van der Waals surface area contributed by atoms with E-state index in [-0.39, 0.29) is 5.56 Å². The maximum atomic E-state index is 13.9. The van der Waals surface area contributed by atoms with Gasteiger partial charge in [0.25, 0.3) is 0 Å². The molecule has 1 heterocycles. The molecule has 0 fully saturated rings. The Morgan fingerprint density at radius 2 is 1.95 bits per heavy atom. The molecule has 0 aliphatic rings. The second kappa shape index (κ2) is 5.10. The Morgan fingerprint density at radius 1 is 1.10 bits per heavy atom. The number of aromatic nitrogens is 1. The third-order valence-corrected chi connectivity index (χ3v) is 3.13. The molecule has 3 N–H and O–H groups in total. The summed E-state index contributed by atoms with van der Waals surface area (Å²) in [5.74, 6) is -0.477. The van der Waals surface area contributed by atoms with E-state index < -0.39 is 5.82 Å². The number of anilines is 3. The molecule has 0 aliphatic carbocycles. The number of nitrogens with one attached hydrogen (secondary N) is 1. The highest BCUT2D eigenvalue weighted by atomic mass is 19.1. The molecule has 0 saturated heterocycles. The molecule has 4 nitrogen and oxygen atoms in total. The number of hydrogen-bond donors (Lipinski definition) is 2. The van der Waals surface area contributed by atoms with Gasteiger partial charge in [-0.3, -0.25) is 4.98 Å². The van der Waals surface area contributed by atoms with Gasteiger partial charge in [-0.25, -0.2) is 4.39 Å². The van der Waals surface area contributed by atoms with E-state index >= 15 is 0 Å². The van der Waals surface area contributed by atoms with Gasteiger partial charge in [0.2, 0.25) is 0 Å². The normalized spacial score (nSPS) is 10.3. The Hall–Kier alpha value is -3.13. The van der Waals surface area contributed by atoms with Gasteiger partial charge in [-0.05, 0) is 42.5 Å². The quantitative estimate of drug-likeness (QED) is 0.703. The number of rotatable bonds is 2. The van der Waals surface area contributed by atoms with E-state index in [1.807, 2.05) is 12.1 Å². The number of fused-ring (bicyclic) bond motifs is 1. The zero-order valence-corrected chi connectivity index (χ0v) is 11.0. The highest BCUT2D eigenvalue weighted by Crippen LogP contribution is 2.27. The summed E-state index contributed by atoms with van der Waals surface area (Å²) in [6.07, 6.45) is 1.63. The van der Waals surface area contributed by atoms with Crippen molar-refractivity contribution in [3.63, 3.8) is 0 Å². The molecule has 3 rings (SSSR count). The van der Waals surface area contributed by atoms with Crippen molar-refractivity contribution in [1.29, 1.82) is 5.26 Å². The number of nitrogens with zero attached hydrogens (tertiary/aromatic N) is 2. The molecule has 5 heteroatoms. The highest BCUT2D eigenvalue weighted by Gasteiger charge is 2.07. The van der Waals surface area contributed by atoms with Crippen LogP contribution in [0.2, 0.25) is 0 Å². The lowest BCUT2D eigenvalue weighted by atomic mass is 10.1. The Morgan fingerprint density at radius 3 is 2.71 bits per heavy atom. The lowest BCUT2D eigenvalue weighted by Crippen LogP contribution is -1.96. The fourth-order valence-corrected chi connectivity index (χ4v) is 2.11. The van der Waals surface area contributed by atoms with E-state index in [2.05, 4.69) is 10.3 Å². The first-order valence-electron chi connectivity index (χ1n) is 6.28. The van der Waals surface area contributed by atoms with Crippen LogP contribution in [0.25, 0.3) is 10.9 Å². The molecule has 0 radical (unpaired) electrons. The zero-order valence-electron chi connectivity index (χ0n) is 11.0. The summed E-state index contributed by atoms with van der Waals surface area (Å²) in [6.45, 7) is 0. The van der Waals surface area contributed by atoms with Crippen LogP contribution in [0.5, 0.6) is 0 Å². The molecule has 21 heavy (non-hydrogen) atoms. The van der Waals surface area contributed by atoms with Gasteiger partial charge >= 0.3 is 0 Å². The second-order valence-corrected chi connectivity index (χ2v) is 4.57. The number of nitrogen functional groups attached to an aromatic ring is 1. The van der Waals surface area contributed by atoms with Crippen LogP contribution >= 0.6 is 0 Å². The third-order valence-electron chi connectivity index (χ3n) is 3.13. The van der Waals surface area contributed by atoms with Crippen molar-refractivity contribution < 1.29 is 4.39 Å². The molecule has 0 bridgehead atoms. The highest BCUT2D eigenvalue weighted by molar-refractivity contribution is 5.94. The van der Waals surface area contributed by atoms with E-state index in [0.717, 1.165) is 16.6 Å². The fourth-order valence-electron chi connectivity index (χ4n) is 2.11. The summed E-state index contributed by atoms with van der Waals surface area (Å²) in [6, 6.07) is 13.3. The van der Waals surface area contributed by atoms with Crippen molar-refractivity contribution in [2.24, 2.45) is 0 Å². The number of hydrogen-bond acceptors (Lipinski definition) is 4. The summed E-state index contributed by atoms with van der Waals surface area (Å²) in [7, 11) is 0. The lowest BCUT2D eigenvalue weighted by molar-refractivity contribution is 0.631. The first-order chi connectivity index (χ1) is 10.2. The van der Waals surface area contributed by atoms with Crippen molar-refractivity contribution >= 4 is 28.0 Å². The molecular formula is C16H11FN4. The van der Waals surface area contributed by atoms with Crippen LogP contribution in [-0.2, 0) is 0 Å². The molecule has 1 aromatic heterocycles. The van der Waals surface area contributed by atoms with Crippen molar-refractivity contribution in [2.45, 2.75) is 0 Å². The predicted octanol–water partition coefficient (Wildman–Crippen LogP) is 3.57. The van der Waals surface area contributed by atoms with E-state index in [4.69, 9.17) is 11.0 Å². The van der Waals surface area contributed by atoms with Gasteiger partial charge in [0.15, 0.2) is 0 Å². The van der Waals surface area contributed by atoms with E-state index in [9.17, 15) is 4.39 Å². The minimum absolute atomic E-state index is 0.283. The Kier molecular flexibility index (Phi) is 3.13. The standard InChI is InChI=1S/C16H11FN4/c17-13-7-10(9-18)1-4-15(13)21-14-5-6-20-16-8-11(19)2-3-12(14)16/h1-8H,19H2,(H,20,21). The Balaban J connectivity index is 2.04. The van der Waals surface area contributed by atoms with Crippen LogP contribution < -0.4 is 11.1 Å². The number of nitriles is 1. The lowest BCUT2D eigenvalue weighted by Gasteiger charge is -2.10. The molecular weight excluding hydrogens is 267 g/mol. The van der Waals surface area contributed by atoms with E-state index in [0.29, 0.717) is 11.4 Å². The molecule has 102 valence electrons. The molecule has 0 spiro atoms. The van der Waals surface area contributed by atoms with Crippen molar-refractivity contribution in [3.05, 3.63) is 60.0 Å². The predicted molar refractivity (Wildman–Crippen MR) is 80.6 cm³/mol. The third kappa shape index (κ3) is 2.47. The SMILES string of the molecule is N#Cc1ccc(Nc2ccnc3cc(N)ccc23)c(F)c1. The first kappa shape index (κ1) is 12.9. The zero-order chi connectivity index (χ0) is 14.8. The minimum Gasteiger partial charge on any atom is -0.399 e. The molecule has 2 aromatic carbocycles. The monoisotopic (exact) mass is 278 g/mol. The molecule has 0 unspecified atom stereocenters. The van der Waals surface area contributed by atoms with Gasteiger partial charge in [-0.15, -0.1) is 0 Å². The topological polar surface area (TPSA) is 74.7 Å². The summed E-state index contributed by atoms with van der Waals surface area (Å²) in [5, 5.41) is 12.6. The molecule has 0 aliphatic heterocycles. The fraction of sp³-hybridized carbons (Fsp3) is 0. The smallest absolute Gasteiger partial charge is 0.147 e. The van der Waals surface area contributed by atoms with Gasteiger partial charge in [-0.1, -0.05) is 0 Å². The Labute approximate surface area is 120 Å². The van der Waals surface area contributed by atoms with Crippen molar-refractivity contribution in [1.82, 2.24) is 4.98 Å². The van der Waals surface area contributed by atoms with Crippen LogP contribution in [0, 0.1) is 17.1 Å². The Bertz CT molecular complexity index is 868. The van der Waals surface area contributed by atoms with Crippen LogP contribution in [0.1, 0.15) is 5.56 Å². The minimum atomic E-state index is -0.477. The van der Waals surface area contributed by atoms with E-state index in [1.54, 1.807) is 30.5 Å².